The first-order chi connectivity index (χ1) is 7.97. The Morgan fingerprint density at radius 2 is 1.35 bits per heavy atom. The van der Waals surface area contributed by atoms with Gasteiger partial charge in [0.15, 0.2) is 0 Å². The molecular formula is C8H14Br5O3P. The van der Waals surface area contributed by atoms with Crippen LogP contribution in [0.15, 0.2) is 0 Å². The lowest BCUT2D eigenvalue weighted by Gasteiger charge is -2.20. The van der Waals surface area contributed by atoms with Gasteiger partial charge in [0, 0.05) is 25.6 Å². The summed E-state index contributed by atoms with van der Waals surface area (Å²) in [6, 6.07) is 0. The van der Waals surface area contributed by atoms with E-state index in [-0.39, 0.29) is 9.65 Å². The largest absolute Gasteiger partial charge is 0.331 e. The zero-order valence-electron chi connectivity index (χ0n) is 8.96. The maximum atomic E-state index is 12.3. The molecule has 0 bridgehead atoms. The Labute approximate surface area is 144 Å². The molecule has 0 spiro atoms. The quantitative estimate of drug-likeness (QED) is 0.269. The van der Waals surface area contributed by atoms with Gasteiger partial charge in [-0.15, -0.1) is 0 Å². The highest BCUT2D eigenvalue weighted by Gasteiger charge is 2.25. The normalized spacial score (nSPS) is 18.6. The fraction of sp³-hybridized carbons (Fsp3) is 1.00. The van der Waals surface area contributed by atoms with Crippen LogP contribution in [-0.2, 0) is 13.6 Å². The van der Waals surface area contributed by atoms with Crippen LogP contribution in [0.5, 0.6) is 0 Å². The van der Waals surface area contributed by atoms with Crippen molar-refractivity contribution in [3.63, 3.8) is 0 Å². The number of halogens is 5. The summed E-state index contributed by atoms with van der Waals surface area (Å²) in [5.74, 6) is 0. The third kappa shape index (κ3) is 9.99. The lowest BCUT2D eigenvalue weighted by atomic mass is 10.5. The van der Waals surface area contributed by atoms with Gasteiger partial charge < -0.3 is 9.05 Å². The van der Waals surface area contributed by atoms with Gasteiger partial charge in [0.05, 0.1) is 19.4 Å². The highest BCUT2D eigenvalue weighted by atomic mass is 79.9. The van der Waals surface area contributed by atoms with Crippen molar-refractivity contribution in [3.8, 4) is 0 Å². The van der Waals surface area contributed by atoms with Crippen molar-refractivity contribution in [2.75, 3.05) is 35.4 Å². The van der Waals surface area contributed by atoms with Crippen LogP contribution in [0.2, 0.25) is 0 Å². The van der Waals surface area contributed by atoms with Crippen LogP contribution in [0.4, 0.5) is 0 Å². The fourth-order valence-electron chi connectivity index (χ4n) is 0.748. The Balaban J connectivity index is 4.20. The van der Waals surface area contributed by atoms with E-state index in [2.05, 4.69) is 79.6 Å². The maximum Gasteiger partial charge on any atom is 0.331 e. The predicted molar refractivity (Wildman–Crippen MR) is 91.2 cm³/mol. The first-order valence-corrected chi connectivity index (χ1v) is 11.7. The lowest BCUT2D eigenvalue weighted by Crippen LogP contribution is -2.14. The molecule has 2 unspecified atom stereocenters. The van der Waals surface area contributed by atoms with Crippen molar-refractivity contribution in [2.45, 2.75) is 9.65 Å². The van der Waals surface area contributed by atoms with Crippen LogP contribution in [0.1, 0.15) is 0 Å². The van der Waals surface area contributed by atoms with E-state index in [4.69, 9.17) is 9.05 Å². The summed E-state index contributed by atoms with van der Waals surface area (Å²) in [6.45, 7) is 0.716. The molecule has 0 fully saturated rings. The van der Waals surface area contributed by atoms with E-state index < -0.39 is 7.60 Å². The summed E-state index contributed by atoms with van der Waals surface area (Å²) in [5, 5.41) is 2.07. The molecule has 0 aromatic rings. The van der Waals surface area contributed by atoms with Crippen molar-refractivity contribution in [2.24, 2.45) is 0 Å². The van der Waals surface area contributed by atoms with E-state index in [0.717, 1.165) is 10.7 Å². The number of rotatable bonds is 10. The lowest BCUT2D eigenvalue weighted by molar-refractivity contribution is 0.211. The minimum absolute atomic E-state index is 0.130. The van der Waals surface area contributed by atoms with Crippen LogP contribution < -0.4 is 0 Å². The Bertz CT molecular complexity index is 225. The van der Waals surface area contributed by atoms with E-state index in [0.29, 0.717) is 24.7 Å². The van der Waals surface area contributed by atoms with Gasteiger partial charge >= 0.3 is 7.60 Å². The molecule has 17 heavy (non-hydrogen) atoms. The number of hydrogen-bond donors (Lipinski definition) is 0. The van der Waals surface area contributed by atoms with Crippen molar-refractivity contribution in [1.82, 2.24) is 0 Å². The average Bonchev–Trinajstić information content (AvgIpc) is 2.33. The molecule has 0 aromatic heterocycles. The van der Waals surface area contributed by atoms with Crippen molar-refractivity contribution >= 4 is 87.2 Å². The van der Waals surface area contributed by atoms with Gasteiger partial charge in [-0.05, 0) is 0 Å². The molecule has 0 aliphatic rings. The highest BCUT2D eigenvalue weighted by Crippen LogP contribution is 2.48. The molecule has 104 valence electrons. The highest BCUT2D eigenvalue weighted by molar-refractivity contribution is 9.12. The standard InChI is InChI=1S/C8H14Br5O3P/c9-1-2-17(14,15-5-7(12)3-10)16-6-8(13)4-11/h7-8H,1-6H2. The summed E-state index contributed by atoms with van der Waals surface area (Å²) in [4.78, 5) is 0.261. The minimum atomic E-state index is -3.00. The maximum absolute atomic E-state index is 12.3. The topological polar surface area (TPSA) is 35.5 Å². The van der Waals surface area contributed by atoms with E-state index in [1.807, 2.05) is 0 Å². The van der Waals surface area contributed by atoms with E-state index in [1.165, 1.54) is 0 Å². The summed E-state index contributed by atoms with van der Waals surface area (Å²) < 4.78 is 23.1. The molecule has 9 heteroatoms. The monoisotopic (exact) mass is 584 g/mol. The van der Waals surface area contributed by atoms with Crippen molar-refractivity contribution in [3.05, 3.63) is 0 Å². The molecule has 0 aliphatic carbocycles. The van der Waals surface area contributed by atoms with E-state index in [9.17, 15) is 4.57 Å². The molecule has 2 atom stereocenters. The van der Waals surface area contributed by atoms with Crippen molar-refractivity contribution < 1.29 is 13.6 Å². The second-order valence-corrected chi connectivity index (χ2v) is 9.98. The molecule has 0 heterocycles. The van der Waals surface area contributed by atoms with Crippen LogP contribution in [-0.4, -0.2) is 45.0 Å². The van der Waals surface area contributed by atoms with Gasteiger partial charge in [0.25, 0.3) is 0 Å². The fourth-order valence-corrected chi connectivity index (χ4v) is 4.45. The predicted octanol–water partition coefficient (Wildman–Crippen LogP) is 4.92. The van der Waals surface area contributed by atoms with Crippen molar-refractivity contribution in [1.29, 1.82) is 0 Å². The second-order valence-electron chi connectivity index (χ2n) is 3.12. The van der Waals surface area contributed by atoms with Gasteiger partial charge in [-0.2, -0.15) is 0 Å². The van der Waals surface area contributed by atoms with Gasteiger partial charge in [-0.3, -0.25) is 4.57 Å². The van der Waals surface area contributed by atoms with Gasteiger partial charge in [0.1, 0.15) is 0 Å². The number of alkyl halides is 5. The molecule has 0 saturated carbocycles. The van der Waals surface area contributed by atoms with Crippen LogP contribution >= 0.6 is 87.2 Å². The molecule has 0 rings (SSSR count). The smallest absolute Gasteiger partial charge is 0.307 e. The Morgan fingerprint density at radius 3 is 1.65 bits per heavy atom. The van der Waals surface area contributed by atoms with E-state index >= 15 is 0 Å². The zero-order chi connectivity index (χ0) is 13.3. The zero-order valence-corrected chi connectivity index (χ0v) is 17.8. The third-order valence-corrected chi connectivity index (χ3v) is 8.94. The average molecular weight is 589 g/mol. The summed E-state index contributed by atoms with van der Waals surface area (Å²) in [5.41, 5.74) is 0. The SMILES string of the molecule is O=P(CCBr)(OCC(Br)CBr)OCC(Br)CBr. The summed E-state index contributed by atoms with van der Waals surface area (Å²) in [6.07, 6.45) is 0.372. The first kappa shape index (κ1) is 19.6. The van der Waals surface area contributed by atoms with Gasteiger partial charge in [-0.25, -0.2) is 0 Å². The molecule has 0 aromatic carbocycles. The second kappa shape index (κ2) is 11.2. The molecule has 0 N–H and O–H groups in total. The number of hydrogen-bond acceptors (Lipinski definition) is 3. The van der Waals surface area contributed by atoms with E-state index in [1.54, 1.807) is 0 Å². The molecule has 0 aliphatic heterocycles. The molecule has 0 saturated heterocycles. The Morgan fingerprint density at radius 1 is 0.941 bits per heavy atom. The minimum Gasteiger partial charge on any atom is -0.307 e. The summed E-state index contributed by atoms with van der Waals surface area (Å²) in [7, 11) is -3.00. The Kier molecular flexibility index (Phi) is 12.9. The first-order valence-electron chi connectivity index (χ1n) is 4.81. The molecule has 0 amide bonds. The summed E-state index contributed by atoms with van der Waals surface area (Å²) >= 11 is 16.7. The third-order valence-electron chi connectivity index (χ3n) is 1.60. The molecule has 3 nitrogen and oxygen atoms in total. The van der Waals surface area contributed by atoms with Crippen LogP contribution in [0, 0.1) is 0 Å². The molecule has 0 radical (unpaired) electrons. The van der Waals surface area contributed by atoms with Crippen LogP contribution in [0.25, 0.3) is 0 Å². The van der Waals surface area contributed by atoms with Gasteiger partial charge in [-0.1, -0.05) is 79.6 Å². The van der Waals surface area contributed by atoms with Crippen LogP contribution in [0.3, 0.4) is 0 Å². The molecular weight excluding hydrogens is 575 g/mol. The Hall–Kier alpha value is 2.55. The van der Waals surface area contributed by atoms with Gasteiger partial charge in [0.2, 0.25) is 0 Å².